The summed E-state index contributed by atoms with van der Waals surface area (Å²) in [7, 11) is 1.67. The van der Waals surface area contributed by atoms with Crippen LogP contribution in [-0.4, -0.2) is 43.2 Å². The largest absolute Gasteiger partial charge is 0.341 e. The van der Waals surface area contributed by atoms with Crippen LogP contribution in [0.2, 0.25) is 0 Å². The number of nitrogens with zero attached hydrogens (tertiary/aromatic N) is 1. The lowest BCUT2D eigenvalue weighted by Crippen LogP contribution is -2.58. The van der Waals surface area contributed by atoms with Crippen molar-refractivity contribution in [3.63, 3.8) is 0 Å². The molecule has 1 aliphatic rings. The fraction of sp³-hybridized carbons (Fsp3) is 0.875. The summed E-state index contributed by atoms with van der Waals surface area (Å²) in [6.07, 6.45) is 0. The van der Waals surface area contributed by atoms with Gasteiger partial charge in [-0.05, 0) is 13.8 Å². The molecule has 2 atom stereocenters. The lowest BCUT2D eigenvalue weighted by Gasteiger charge is -2.37. The van der Waals surface area contributed by atoms with Gasteiger partial charge in [-0.25, -0.2) is 4.79 Å². The van der Waals surface area contributed by atoms with Gasteiger partial charge in [0.15, 0.2) is 0 Å². The highest BCUT2D eigenvalue weighted by Crippen LogP contribution is 2.05. The average molecular weight is 171 g/mol. The predicted octanol–water partition coefficient (Wildman–Crippen LogP) is 0.00800. The van der Waals surface area contributed by atoms with Gasteiger partial charge in [0.2, 0.25) is 0 Å². The second-order valence-corrected chi connectivity index (χ2v) is 3.37. The molecule has 4 heteroatoms. The molecule has 70 valence electrons. The lowest BCUT2D eigenvalue weighted by molar-refractivity contribution is 0.152. The van der Waals surface area contributed by atoms with Crippen LogP contribution in [0.3, 0.4) is 0 Å². The van der Waals surface area contributed by atoms with Crippen LogP contribution in [0.15, 0.2) is 0 Å². The molecule has 0 saturated carbocycles. The Labute approximate surface area is 73.3 Å². The third-order valence-corrected chi connectivity index (χ3v) is 2.24. The molecule has 1 aliphatic heterocycles. The van der Waals surface area contributed by atoms with Crippen molar-refractivity contribution in [1.82, 2.24) is 15.5 Å². The molecule has 0 aromatic rings. The van der Waals surface area contributed by atoms with E-state index in [1.807, 2.05) is 11.8 Å². The van der Waals surface area contributed by atoms with Crippen LogP contribution >= 0.6 is 0 Å². The molecule has 0 spiro atoms. The Balaban J connectivity index is 2.54. The molecule has 1 saturated heterocycles. The highest BCUT2D eigenvalue weighted by molar-refractivity contribution is 5.74. The SMILES string of the molecule is CNC(=O)N1C[C@@H](C)NC[C@@H]1C. The van der Waals surface area contributed by atoms with Gasteiger partial charge in [0.05, 0.1) is 0 Å². The van der Waals surface area contributed by atoms with Gasteiger partial charge >= 0.3 is 6.03 Å². The van der Waals surface area contributed by atoms with Gasteiger partial charge in [-0.1, -0.05) is 0 Å². The maximum absolute atomic E-state index is 11.3. The van der Waals surface area contributed by atoms with Gasteiger partial charge in [0, 0.05) is 32.2 Å². The Bertz CT molecular complexity index is 172. The Hall–Kier alpha value is -0.770. The first kappa shape index (κ1) is 9.32. The summed E-state index contributed by atoms with van der Waals surface area (Å²) in [5.74, 6) is 0. The van der Waals surface area contributed by atoms with Crippen LogP contribution in [0.1, 0.15) is 13.8 Å². The molecule has 0 bridgehead atoms. The molecule has 2 amide bonds. The van der Waals surface area contributed by atoms with E-state index < -0.39 is 0 Å². The van der Waals surface area contributed by atoms with Gasteiger partial charge in [0.1, 0.15) is 0 Å². The fourth-order valence-corrected chi connectivity index (χ4v) is 1.45. The normalized spacial score (nSPS) is 30.1. The van der Waals surface area contributed by atoms with Crippen molar-refractivity contribution in [3.05, 3.63) is 0 Å². The van der Waals surface area contributed by atoms with Gasteiger partial charge in [0.25, 0.3) is 0 Å². The zero-order valence-corrected chi connectivity index (χ0v) is 7.92. The zero-order valence-electron chi connectivity index (χ0n) is 7.92. The van der Waals surface area contributed by atoms with Gasteiger partial charge in [-0.15, -0.1) is 0 Å². The van der Waals surface area contributed by atoms with Crippen molar-refractivity contribution < 1.29 is 4.79 Å². The van der Waals surface area contributed by atoms with E-state index in [-0.39, 0.29) is 6.03 Å². The molecule has 12 heavy (non-hydrogen) atoms. The number of urea groups is 1. The zero-order chi connectivity index (χ0) is 9.14. The Morgan fingerprint density at radius 1 is 1.58 bits per heavy atom. The number of nitrogens with one attached hydrogen (secondary N) is 2. The van der Waals surface area contributed by atoms with Crippen LogP contribution in [0.5, 0.6) is 0 Å². The average Bonchev–Trinajstić information content (AvgIpc) is 2.08. The van der Waals surface area contributed by atoms with Crippen molar-refractivity contribution >= 4 is 6.03 Å². The van der Waals surface area contributed by atoms with Gasteiger partial charge in [-0.2, -0.15) is 0 Å². The maximum Gasteiger partial charge on any atom is 0.317 e. The van der Waals surface area contributed by atoms with E-state index in [1.165, 1.54) is 0 Å². The van der Waals surface area contributed by atoms with Crippen molar-refractivity contribution in [1.29, 1.82) is 0 Å². The molecule has 1 heterocycles. The molecular weight excluding hydrogens is 154 g/mol. The Kier molecular flexibility index (Phi) is 2.92. The van der Waals surface area contributed by atoms with Gasteiger partial charge in [-0.3, -0.25) is 0 Å². The summed E-state index contributed by atoms with van der Waals surface area (Å²) < 4.78 is 0. The molecule has 1 rings (SSSR count). The summed E-state index contributed by atoms with van der Waals surface area (Å²) in [5.41, 5.74) is 0. The Morgan fingerprint density at radius 3 is 2.83 bits per heavy atom. The summed E-state index contributed by atoms with van der Waals surface area (Å²) in [6.45, 7) is 5.81. The van der Waals surface area contributed by atoms with E-state index in [9.17, 15) is 4.79 Å². The predicted molar refractivity (Wildman–Crippen MR) is 48.1 cm³/mol. The lowest BCUT2D eigenvalue weighted by atomic mass is 10.1. The highest BCUT2D eigenvalue weighted by atomic mass is 16.2. The number of amides is 2. The van der Waals surface area contributed by atoms with Crippen LogP contribution in [0.4, 0.5) is 4.79 Å². The summed E-state index contributed by atoms with van der Waals surface area (Å²) in [4.78, 5) is 13.2. The first-order valence-electron chi connectivity index (χ1n) is 4.37. The third-order valence-electron chi connectivity index (χ3n) is 2.24. The van der Waals surface area contributed by atoms with Crippen LogP contribution in [-0.2, 0) is 0 Å². The van der Waals surface area contributed by atoms with E-state index in [1.54, 1.807) is 7.05 Å². The number of hydrogen-bond donors (Lipinski definition) is 2. The van der Waals surface area contributed by atoms with E-state index >= 15 is 0 Å². The van der Waals surface area contributed by atoms with E-state index in [0.717, 1.165) is 13.1 Å². The highest BCUT2D eigenvalue weighted by Gasteiger charge is 2.25. The van der Waals surface area contributed by atoms with Crippen LogP contribution in [0, 0.1) is 0 Å². The van der Waals surface area contributed by atoms with Crippen molar-refractivity contribution in [2.75, 3.05) is 20.1 Å². The number of hydrogen-bond acceptors (Lipinski definition) is 2. The molecule has 4 nitrogen and oxygen atoms in total. The minimum absolute atomic E-state index is 0.0239. The second-order valence-electron chi connectivity index (χ2n) is 3.37. The minimum Gasteiger partial charge on any atom is -0.341 e. The number of carbonyl (C=O) groups excluding carboxylic acids is 1. The number of carbonyl (C=O) groups is 1. The molecule has 0 aliphatic carbocycles. The first-order valence-corrected chi connectivity index (χ1v) is 4.37. The monoisotopic (exact) mass is 171 g/mol. The molecule has 1 fully saturated rings. The number of rotatable bonds is 0. The minimum atomic E-state index is 0.0239. The molecular formula is C8H17N3O. The Morgan fingerprint density at radius 2 is 2.25 bits per heavy atom. The van der Waals surface area contributed by atoms with E-state index in [2.05, 4.69) is 17.6 Å². The maximum atomic E-state index is 11.3. The topological polar surface area (TPSA) is 44.4 Å². The molecule has 0 aromatic heterocycles. The quantitative estimate of drug-likeness (QED) is 0.539. The standard InChI is InChI=1S/C8H17N3O/c1-6-5-11(8(12)9-3)7(2)4-10-6/h6-7,10H,4-5H2,1-3H3,(H,9,12)/t6-,7+/m1/s1. The summed E-state index contributed by atoms with van der Waals surface area (Å²) in [6, 6.07) is 0.718. The molecule has 0 unspecified atom stereocenters. The smallest absolute Gasteiger partial charge is 0.317 e. The number of piperazine rings is 1. The van der Waals surface area contributed by atoms with Crippen LogP contribution in [0.25, 0.3) is 0 Å². The molecule has 0 aromatic carbocycles. The van der Waals surface area contributed by atoms with E-state index in [4.69, 9.17) is 0 Å². The van der Waals surface area contributed by atoms with Crippen molar-refractivity contribution in [2.24, 2.45) is 0 Å². The second kappa shape index (κ2) is 3.76. The molecule has 2 N–H and O–H groups in total. The van der Waals surface area contributed by atoms with Crippen molar-refractivity contribution in [3.8, 4) is 0 Å². The fourth-order valence-electron chi connectivity index (χ4n) is 1.45. The van der Waals surface area contributed by atoms with Crippen LogP contribution < -0.4 is 10.6 Å². The first-order chi connectivity index (χ1) is 5.65. The third kappa shape index (κ3) is 1.88. The van der Waals surface area contributed by atoms with E-state index in [0.29, 0.717) is 12.1 Å². The van der Waals surface area contributed by atoms with Crippen molar-refractivity contribution in [2.45, 2.75) is 25.9 Å². The summed E-state index contributed by atoms with van der Waals surface area (Å²) in [5, 5.41) is 5.96. The van der Waals surface area contributed by atoms with Gasteiger partial charge < -0.3 is 15.5 Å². The molecule has 0 radical (unpaired) electrons. The summed E-state index contributed by atoms with van der Waals surface area (Å²) >= 11 is 0.